The van der Waals surface area contributed by atoms with Crippen molar-refractivity contribution in [3.05, 3.63) is 65.7 Å². The molecule has 0 saturated carbocycles. The standard InChI is InChI=1S/C19H18N2O2S/c1-24(23)12-11-15-17(19(20)22)14-9-5-6-10-16(14)21-18(15)13-7-3-2-4-8-13/h2-10H,11-12H2,1H3,(H2,20,22). The molecule has 0 saturated heterocycles. The first-order valence-electron chi connectivity index (χ1n) is 7.65. The van der Waals surface area contributed by atoms with Gasteiger partial charge in [-0.25, -0.2) is 4.98 Å². The number of fused-ring (bicyclic) bond motifs is 1. The Morgan fingerprint density at radius 2 is 1.75 bits per heavy atom. The smallest absolute Gasteiger partial charge is 0.249 e. The number of para-hydroxylation sites is 1. The number of rotatable bonds is 5. The van der Waals surface area contributed by atoms with Crippen molar-refractivity contribution in [2.45, 2.75) is 6.42 Å². The van der Waals surface area contributed by atoms with Crippen LogP contribution in [0.4, 0.5) is 0 Å². The number of carbonyl (C=O) groups is 1. The van der Waals surface area contributed by atoms with E-state index in [0.717, 1.165) is 27.7 Å². The summed E-state index contributed by atoms with van der Waals surface area (Å²) in [7, 11) is -0.966. The van der Waals surface area contributed by atoms with Gasteiger partial charge in [-0.15, -0.1) is 0 Å². The number of hydrogen-bond donors (Lipinski definition) is 1. The number of aromatic nitrogens is 1. The number of benzene rings is 2. The molecule has 3 rings (SSSR count). The van der Waals surface area contributed by atoms with Crippen LogP contribution in [0.3, 0.4) is 0 Å². The Bertz CT molecular complexity index is 923. The highest BCUT2D eigenvalue weighted by Crippen LogP contribution is 2.30. The van der Waals surface area contributed by atoms with Crippen LogP contribution in [0.15, 0.2) is 54.6 Å². The number of hydrogen-bond acceptors (Lipinski definition) is 3. The summed E-state index contributed by atoms with van der Waals surface area (Å²) < 4.78 is 11.6. The molecule has 1 unspecified atom stereocenters. The Labute approximate surface area is 143 Å². The summed E-state index contributed by atoms with van der Waals surface area (Å²) in [6.45, 7) is 0. The first-order valence-corrected chi connectivity index (χ1v) is 9.37. The van der Waals surface area contributed by atoms with Crippen LogP contribution in [0, 0.1) is 0 Å². The highest BCUT2D eigenvalue weighted by molar-refractivity contribution is 7.84. The summed E-state index contributed by atoms with van der Waals surface area (Å²) in [4.78, 5) is 16.9. The van der Waals surface area contributed by atoms with Gasteiger partial charge in [0.2, 0.25) is 5.91 Å². The average Bonchev–Trinajstić information content (AvgIpc) is 2.59. The molecule has 1 atom stereocenters. The zero-order valence-electron chi connectivity index (χ0n) is 13.4. The molecule has 0 spiro atoms. The summed E-state index contributed by atoms with van der Waals surface area (Å²) in [5.41, 5.74) is 9.31. The van der Waals surface area contributed by atoms with E-state index in [9.17, 15) is 9.00 Å². The van der Waals surface area contributed by atoms with Gasteiger partial charge in [0.25, 0.3) is 0 Å². The fraction of sp³-hybridized carbons (Fsp3) is 0.158. The van der Waals surface area contributed by atoms with Crippen molar-refractivity contribution in [3.8, 4) is 11.3 Å². The Balaban J connectivity index is 2.33. The summed E-state index contributed by atoms with van der Waals surface area (Å²) in [5.74, 6) is -0.0252. The second-order valence-corrected chi connectivity index (χ2v) is 7.14. The molecule has 0 radical (unpaired) electrons. The second-order valence-electron chi connectivity index (χ2n) is 5.59. The fourth-order valence-electron chi connectivity index (χ4n) is 2.86. The number of nitrogens with zero attached hydrogens (tertiary/aromatic N) is 1. The average molecular weight is 338 g/mol. The van der Waals surface area contributed by atoms with E-state index in [0.29, 0.717) is 17.7 Å². The van der Waals surface area contributed by atoms with Crippen LogP contribution in [-0.4, -0.2) is 27.1 Å². The minimum absolute atomic E-state index is 0.458. The van der Waals surface area contributed by atoms with E-state index < -0.39 is 16.7 Å². The lowest BCUT2D eigenvalue weighted by atomic mass is 9.94. The van der Waals surface area contributed by atoms with Gasteiger partial charge in [-0.3, -0.25) is 9.00 Å². The number of amides is 1. The summed E-state index contributed by atoms with van der Waals surface area (Å²) in [6.07, 6.45) is 2.14. The van der Waals surface area contributed by atoms with E-state index in [1.165, 1.54) is 0 Å². The third-order valence-corrected chi connectivity index (χ3v) is 4.71. The SMILES string of the molecule is CS(=O)CCc1c(-c2ccccc2)nc2ccccc2c1C(N)=O. The zero-order chi connectivity index (χ0) is 17.1. The second kappa shape index (κ2) is 6.93. The van der Waals surface area contributed by atoms with Crippen LogP contribution in [0.1, 0.15) is 15.9 Å². The van der Waals surface area contributed by atoms with E-state index >= 15 is 0 Å². The van der Waals surface area contributed by atoms with Gasteiger partial charge in [-0.2, -0.15) is 0 Å². The van der Waals surface area contributed by atoms with Crippen molar-refractivity contribution in [2.75, 3.05) is 12.0 Å². The Morgan fingerprint density at radius 3 is 2.42 bits per heavy atom. The molecule has 0 aliphatic carbocycles. The normalized spacial score (nSPS) is 12.2. The number of pyridine rings is 1. The summed E-state index contributed by atoms with van der Waals surface area (Å²) in [5, 5.41) is 0.738. The van der Waals surface area contributed by atoms with E-state index in [1.807, 2.05) is 54.6 Å². The molecule has 0 aliphatic heterocycles. The maximum atomic E-state index is 12.2. The minimum atomic E-state index is -0.966. The molecule has 4 nitrogen and oxygen atoms in total. The van der Waals surface area contributed by atoms with Crippen molar-refractivity contribution in [2.24, 2.45) is 5.73 Å². The maximum absolute atomic E-state index is 12.2. The number of nitrogens with two attached hydrogens (primary N) is 1. The van der Waals surface area contributed by atoms with E-state index in [2.05, 4.69) is 0 Å². The highest BCUT2D eigenvalue weighted by Gasteiger charge is 2.19. The van der Waals surface area contributed by atoms with Gasteiger partial charge in [0, 0.05) is 33.8 Å². The fourth-order valence-corrected chi connectivity index (χ4v) is 3.35. The van der Waals surface area contributed by atoms with Gasteiger partial charge >= 0.3 is 0 Å². The molecule has 1 aromatic heterocycles. The monoisotopic (exact) mass is 338 g/mol. The Kier molecular flexibility index (Phi) is 4.71. The van der Waals surface area contributed by atoms with Gasteiger partial charge in [-0.1, -0.05) is 48.5 Å². The van der Waals surface area contributed by atoms with Crippen LogP contribution in [0.2, 0.25) is 0 Å². The molecule has 3 aromatic rings. The van der Waals surface area contributed by atoms with Crippen LogP contribution >= 0.6 is 0 Å². The minimum Gasteiger partial charge on any atom is -0.366 e. The number of primary amides is 1. The zero-order valence-corrected chi connectivity index (χ0v) is 14.2. The lowest BCUT2D eigenvalue weighted by molar-refractivity contribution is 0.100. The molecular weight excluding hydrogens is 320 g/mol. The molecule has 2 N–H and O–H groups in total. The van der Waals surface area contributed by atoms with Gasteiger partial charge in [-0.05, 0) is 18.1 Å². The van der Waals surface area contributed by atoms with E-state index in [1.54, 1.807) is 6.26 Å². The van der Waals surface area contributed by atoms with Crippen molar-refractivity contribution < 1.29 is 9.00 Å². The predicted molar refractivity (Wildman–Crippen MR) is 98.3 cm³/mol. The predicted octanol–water partition coefficient (Wildman–Crippen LogP) is 2.92. The molecule has 1 heterocycles. The first kappa shape index (κ1) is 16.3. The lowest BCUT2D eigenvalue weighted by Crippen LogP contribution is -2.17. The largest absolute Gasteiger partial charge is 0.366 e. The molecule has 2 aromatic carbocycles. The van der Waals surface area contributed by atoms with Crippen LogP contribution in [0.25, 0.3) is 22.2 Å². The quantitative estimate of drug-likeness (QED) is 0.777. The van der Waals surface area contributed by atoms with Crippen molar-refractivity contribution in [1.29, 1.82) is 0 Å². The third kappa shape index (κ3) is 3.21. The van der Waals surface area contributed by atoms with Crippen LogP contribution < -0.4 is 5.73 Å². The first-order chi connectivity index (χ1) is 11.6. The molecule has 0 aliphatic rings. The Morgan fingerprint density at radius 1 is 1.08 bits per heavy atom. The molecule has 5 heteroatoms. The van der Waals surface area contributed by atoms with Gasteiger partial charge in [0.1, 0.15) is 0 Å². The number of carbonyl (C=O) groups excluding carboxylic acids is 1. The van der Waals surface area contributed by atoms with Crippen LogP contribution in [-0.2, 0) is 17.2 Å². The topological polar surface area (TPSA) is 73.1 Å². The molecular formula is C19H18N2O2S. The molecule has 0 fully saturated rings. The van der Waals surface area contributed by atoms with Crippen molar-refractivity contribution in [1.82, 2.24) is 4.98 Å². The van der Waals surface area contributed by atoms with E-state index in [4.69, 9.17) is 10.7 Å². The maximum Gasteiger partial charge on any atom is 0.249 e. The Hall–Kier alpha value is -2.53. The third-order valence-electron chi connectivity index (χ3n) is 3.93. The molecule has 122 valence electrons. The lowest BCUT2D eigenvalue weighted by Gasteiger charge is -2.15. The van der Waals surface area contributed by atoms with Gasteiger partial charge in [0.05, 0.1) is 16.8 Å². The summed E-state index contributed by atoms with van der Waals surface area (Å²) >= 11 is 0. The van der Waals surface area contributed by atoms with Gasteiger partial charge in [0.15, 0.2) is 0 Å². The van der Waals surface area contributed by atoms with Crippen LogP contribution in [0.5, 0.6) is 0 Å². The highest BCUT2D eigenvalue weighted by atomic mass is 32.2. The molecule has 1 amide bonds. The molecule has 24 heavy (non-hydrogen) atoms. The molecule has 0 bridgehead atoms. The van der Waals surface area contributed by atoms with Crippen molar-refractivity contribution >= 4 is 27.6 Å². The van der Waals surface area contributed by atoms with Gasteiger partial charge < -0.3 is 5.73 Å². The summed E-state index contributed by atoms with van der Waals surface area (Å²) in [6, 6.07) is 17.2. The van der Waals surface area contributed by atoms with Crippen molar-refractivity contribution in [3.63, 3.8) is 0 Å². The van der Waals surface area contributed by atoms with E-state index in [-0.39, 0.29) is 0 Å².